The van der Waals surface area contributed by atoms with Gasteiger partial charge in [-0.2, -0.15) is 0 Å². The van der Waals surface area contributed by atoms with Crippen LogP contribution in [0.25, 0.3) is 0 Å². The van der Waals surface area contributed by atoms with E-state index in [2.05, 4.69) is 22.6 Å². The van der Waals surface area contributed by atoms with Crippen LogP contribution < -0.4 is 0 Å². The molecule has 0 saturated carbocycles. The summed E-state index contributed by atoms with van der Waals surface area (Å²) in [6, 6.07) is 3.56. The van der Waals surface area contributed by atoms with Crippen molar-refractivity contribution in [3.63, 3.8) is 0 Å². The van der Waals surface area contributed by atoms with Crippen LogP contribution in [-0.4, -0.2) is 40.7 Å². The zero-order chi connectivity index (χ0) is 14.0. The van der Waals surface area contributed by atoms with E-state index < -0.39 is 0 Å². The Morgan fingerprint density at radius 2 is 1.95 bits per heavy atom. The van der Waals surface area contributed by atoms with Gasteiger partial charge in [-0.05, 0) is 76.1 Å². The van der Waals surface area contributed by atoms with E-state index in [1.165, 1.54) is 0 Å². The Balaban J connectivity index is 2.17. The number of likely N-dealkylation sites (tertiary alicyclic amines) is 1. The molecule has 0 aliphatic carbocycles. The molecule has 4 nitrogen and oxygen atoms in total. The van der Waals surface area contributed by atoms with Gasteiger partial charge in [-0.3, -0.25) is 4.79 Å². The van der Waals surface area contributed by atoms with Crippen molar-refractivity contribution in [1.82, 2.24) is 4.90 Å². The van der Waals surface area contributed by atoms with Crippen molar-refractivity contribution in [2.75, 3.05) is 19.7 Å². The van der Waals surface area contributed by atoms with Gasteiger partial charge in [-0.15, -0.1) is 0 Å². The number of carbonyl (C=O) groups excluding carboxylic acids is 1. The van der Waals surface area contributed by atoms with E-state index in [4.69, 9.17) is 5.11 Å². The molecular formula is C13H15I2NO3. The van der Waals surface area contributed by atoms with Crippen molar-refractivity contribution in [2.45, 2.75) is 12.8 Å². The van der Waals surface area contributed by atoms with Crippen molar-refractivity contribution in [3.8, 4) is 5.75 Å². The first-order valence-electron chi connectivity index (χ1n) is 6.11. The third kappa shape index (κ3) is 3.52. The lowest BCUT2D eigenvalue weighted by Gasteiger charge is -2.31. The Morgan fingerprint density at radius 3 is 2.53 bits per heavy atom. The number of benzene rings is 1. The molecule has 0 aromatic heterocycles. The number of phenols is 1. The van der Waals surface area contributed by atoms with Crippen LogP contribution in [0.4, 0.5) is 0 Å². The van der Waals surface area contributed by atoms with E-state index >= 15 is 0 Å². The maximum Gasteiger partial charge on any atom is 0.257 e. The molecule has 0 radical (unpaired) electrons. The Hall–Kier alpha value is -0.0900. The summed E-state index contributed by atoms with van der Waals surface area (Å²) in [5.74, 6) is 0.245. The first-order chi connectivity index (χ1) is 9.02. The van der Waals surface area contributed by atoms with Gasteiger partial charge in [0, 0.05) is 23.3 Å². The number of hydrogen-bond acceptors (Lipinski definition) is 3. The second kappa shape index (κ2) is 6.57. The maximum atomic E-state index is 12.4. The molecule has 2 N–H and O–H groups in total. The van der Waals surface area contributed by atoms with E-state index in [0.29, 0.717) is 28.1 Å². The smallest absolute Gasteiger partial charge is 0.257 e. The molecular weight excluding hydrogens is 472 g/mol. The fourth-order valence-corrected chi connectivity index (χ4v) is 4.06. The quantitative estimate of drug-likeness (QED) is 0.631. The highest BCUT2D eigenvalue weighted by Crippen LogP contribution is 2.29. The molecule has 19 heavy (non-hydrogen) atoms. The first-order valence-corrected chi connectivity index (χ1v) is 8.26. The van der Waals surface area contributed by atoms with Crippen molar-refractivity contribution in [3.05, 3.63) is 24.8 Å². The van der Waals surface area contributed by atoms with Gasteiger partial charge in [0.1, 0.15) is 5.75 Å². The summed E-state index contributed by atoms with van der Waals surface area (Å²) in [7, 11) is 0. The summed E-state index contributed by atoms with van der Waals surface area (Å²) in [5, 5.41) is 19.1. The Morgan fingerprint density at radius 1 is 1.32 bits per heavy atom. The van der Waals surface area contributed by atoms with Gasteiger partial charge in [-0.1, -0.05) is 0 Å². The minimum absolute atomic E-state index is 0.0651. The number of aliphatic hydroxyl groups excluding tert-OH is 1. The monoisotopic (exact) mass is 487 g/mol. The fourth-order valence-electron chi connectivity index (χ4n) is 2.22. The molecule has 1 aromatic rings. The number of halogens is 2. The fraction of sp³-hybridized carbons (Fsp3) is 0.462. The average molecular weight is 487 g/mol. The molecule has 1 heterocycles. The summed E-state index contributed by atoms with van der Waals surface area (Å²) in [5.41, 5.74) is 0.374. The van der Waals surface area contributed by atoms with E-state index in [9.17, 15) is 9.90 Å². The summed E-state index contributed by atoms with van der Waals surface area (Å²) < 4.78 is 1.63. The molecule has 1 aliphatic rings. The van der Waals surface area contributed by atoms with Crippen LogP contribution in [-0.2, 0) is 0 Å². The van der Waals surface area contributed by atoms with Crippen LogP contribution in [0.5, 0.6) is 5.75 Å². The van der Waals surface area contributed by atoms with Crippen molar-refractivity contribution < 1.29 is 15.0 Å². The number of aliphatic hydroxyl groups is 1. The first kappa shape index (κ1) is 15.3. The third-order valence-electron chi connectivity index (χ3n) is 3.42. The highest BCUT2D eigenvalue weighted by Gasteiger charge is 2.25. The maximum absolute atomic E-state index is 12.4. The number of carbonyl (C=O) groups is 1. The zero-order valence-electron chi connectivity index (χ0n) is 10.3. The summed E-state index contributed by atoms with van der Waals surface area (Å²) in [6.45, 7) is 1.48. The predicted octanol–water partition coefficient (Wildman–Crippen LogP) is 2.45. The summed E-state index contributed by atoms with van der Waals surface area (Å²) in [4.78, 5) is 14.2. The van der Waals surface area contributed by atoms with E-state index in [-0.39, 0.29) is 18.3 Å². The lowest BCUT2D eigenvalue weighted by Crippen LogP contribution is -2.39. The predicted molar refractivity (Wildman–Crippen MR) is 89.3 cm³/mol. The Kier molecular flexibility index (Phi) is 5.29. The molecule has 0 unspecified atom stereocenters. The lowest BCUT2D eigenvalue weighted by molar-refractivity contribution is 0.0647. The molecule has 1 amide bonds. The standard InChI is InChI=1S/C13H15I2NO3/c14-9-5-10(12(18)11(15)6-9)13(19)16-3-1-8(7-17)2-4-16/h5-6,8,17-18H,1-4,7H2. The Labute approximate surface area is 139 Å². The minimum Gasteiger partial charge on any atom is -0.506 e. The van der Waals surface area contributed by atoms with Crippen LogP contribution >= 0.6 is 45.2 Å². The molecule has 0 spiro atoms. The topological polar surface area (TPSA) is 60.8 Å². The van der Waals surface area contributed by atoms with Gasteiger partial charge >= 0.3 is 0 Å². The van der Waals surface area contributed by atoms with Crippen LogP contribution in [0.2, 0.25) is 0 Å². The molecule has 0 atom stereocenters. The minimum atomic E-state index is -0.120. The number of phenolic OH excluding ortho intramolecular Hbond substituents is 1. The number of piperidine rings is 1. The highest BCUT2D eigenvalue weighted by molar-refractivity contribution is 14.1. The van der Waals surface area contributed by atoms with E-state index in [1.807, 2.05) is 28.7 Å². The molecule has 0 bridgehead atoms. The van der Waals surface area contributed by atoms with E-state index in [0.717, 1.165) is 16.4 Å². The van der Waals surface area contributed by atoms with Gasteiger partial charge in [0.05, 0.1) is 9.13 Å². The SMILES string of the molecule is O=C(c1cc(I)cc(I)c1O)N1CCC(CO)CC1. The average Bonchev–Trinajstić information content (AvgIpc) is 2.42. The zero-order valence-corrected chi connectivity index (χ0v) is 14.6. The van der Waals surface area contributed by atoms with Crippen LogP contribution in [0, 0.1) is 13.1 Å². The van der Waals surface area contributed by atoms with Crippen LogP contribution in [0.1, 0.15) is 23.2 Å². The number of rotatable bonds is 2. The molecule has 1 saturated heterocycles. The number of hydrogen-bond donors (Lipinski definition) is 2. The van der Waals surface area contributed by atoms with Gasteiger partial charge in [0.2, 0.25) is 0 Å². The summed E-state index contributed by atoms with van der Waals surface area (Å²) in [6.07, 6.45) is 1.65. The Bertz CT molecular complexity index is 485. The molecule has 1 fully saturated rings. The van der Waals surface area contributed by atoms with Crippen LogP contribution in [0.3, 0.4) is 0 Å². The normalized spacial score (nSPS) is 16.7. The van der Waals surface area contributed by atoms with E-state index in [1.54, 1.807) is 11.0 Å². The van der Waals surface area contributed by atoms with Gasteiger partial charge in [0.15, 0.2) is 0 Å². The number of amides is 1. The van der Waals surface area contributed by atoms with Gasteiger partial charge in [0.25, 0.3) is 5.91 Å². The second-order valence-corrected chi connectivity index (χ2v) is 7.11. The molecule has 104 valence electrons. The highest BCUT2D eigenvalue weighted by atomic mass is 127. The third-order valence-corrected chi connectivity index (χ3v) is 4.86. The molecule has 1 aliphatic heterocycles. The largest absolute Gasteiger partial charge is 0.506 e. The van der Waals surface area contributed by atoms with Gasteiger partial charge in [-0.25, -0.2) is 0 Å². The van der Waals surface area contributed by atoms with Gasteiger partial charge < -0.3 is 15.1 Å². The number of aromatic hydroxyl groups is 1. The van der Waals surface area contributed by atoms with Crippen LogP contribution in [0.15, 0.2) is 12.1 Å². The van der Waals surface area contributed by atoms with Crippen molar-refractivity contribution in [2.24, 2.45) is 5.92 Å². The molecule has 6 heteroatoms. The summed E-state index contributed by atoms with van der Waals surface area (Å²) >= 11 is 4.17. The van der Waals surface area contributed by atoms with Crippen molar-refractivity contribution >= 4 is 51.1 Å². The molecule has 2 rings (SSSR count). The van der Waals surface area contributed by atoms with Crippen molar-refractivity contribution in [1.29, 1.82) is 0 Å². The second-order valence-electron chi connectivity index (χ2n) is 4.70. The molecule has 1 aromatic carbocycles. The lowest BCUT2D eigenvalue weighted by atomic mass is 9.97. The number of nitrogens with zero attached hydrogens (tertiary/aromatic N) is 1.